The first-order chi connectivity index (χ1) is 22.0. The third kappa shape index (κ3) is 31.8. The number of hydrogen-bond acceptors (Lipinski definition) is 12. The molecule has 0 aromatic carbocycles. The quantitative estimate of drug-likeness (QED) is 0.0456. The van der Waals surface area contributed by atoms with Crippen LogP contribution in [0.25, 0.3) is 0 Å². The van der Waals surface area contributed by atoms with Gasteiger partial charge in [0.1, 0.15) is 19.3 Å². The lowest BCUT2D eigenvalue weighted by molar-refractivity contribution is -0.132. The van der Waals surface area contributed by atoms with Crippen molar-refractivity contribution in [1.82, 2.24) is 26.6 Å². The van der Waals surface area contributed by atoms with E-state index in [1.165, 1.54) is 0 Å². The van der Waals surface area contributed by atoms with Gasteiger partial charge in [0, 0.05) is 27.3 Å². The van der Waals surface area contributed by atoms with E-state index in [2.05, 4.69) is 26.6 Å². The van der Waals surface area contributed by atoms with E-state index >= 15 is 0 Å². The minimum atomic E-state index is -0.698. The zero-order valence-corrected chi connectivity index (χ0v) is 27.8. The summed E-state index contributed by atoms with van der Waals surface area (Å²) in [6.45, 7) is 8.36. The fraction of sp³-hybridized carbons (Fsp3) is 0.900. The molecule has 0 aliphatic rings. The molecule has 0 aliphatic carbocycles. The molecule has 0 rings (SSSR count). The SMILES string of the molecule is COCCOCCOCC(=O)NCCCC[C@H](NC(=O)COCCOCCOC)C(=O)NCCCNCCCCNCCCN. The Morgan fingerprint density at radius 2 is 1.04 bits per heavy atom. The van der Waals surface area contributed by atoms with Crippen LogP contribution >= 0.6 is 0 Å². The summed E-state index contributed by atoms with van der Waals surface area (Å²) in [5, 5.41) is 15.3. The Labute approximate surface area is 270 Å². The van der Waals surface area contributed by atoms with Crippen LogP contribution in [0.1, 0.15) is 44.9 Å². The van der Waals surface area contributed by atoms with Crippen molar-refractivity contribution in [2.75, 3.05) is 126 Å². The molecular formula is C30H62N6O9. The standard InChI is InChI=1S/C30H62N6O9/c1-40-17-19-42-21-23-44-25-28(37)34-15-4-3-9-27(36-29(38)26-45-24-22-43-20-18-41-2)30(39)35-16-8-14-33-12-6-5-11-32-13-7-10-31/h27,32-33H,3-26,31H2,1-2H3,(H,34,37)(H,35,39)(H,36,38)/t27-/m0/s1. The van der Waals surface area contributed by atoms with E-state index in [0.29, 0.717) is 85.1 Å². The van der Waals surface area contributed by atoms with Gasteiger partial charge in [-0.1, -0.05) is 0 Å². The maximum absolute atomic E-state index is 12.9. The molecule has 1 atom stereocenters. The number of hydrogen-bond donors (Lipinski definition) is 6. The molecule has 3 amide bonds. The smallest absolute Gasteiger partial charge is 0.246 e. The monoisotopic (exact) mass is 650 g/mol. The van der Waals surface area contributed by atoms with Gasteiger partial charge in [-0.25, -0.2) is 0 Å². The van der Waals surface area contributed by atoms with Gasteiger partial charge in [0.15, 0.2) is 0 Å². The van der Waals surface area contributed by atoms with Gasteiger partial charge in [-0.2, -0.15) is 0 Å². The van der Waals surface area contributed by atoms with Crippen molar-refractivity contribution in [2.24, 2.45) is 5.73 Å². The van der Waals surface area contributed by atoms with E-state index in [0.717, 1.165) is 51.9 Å². The van der Waals surface area contributed by atoms with Gasteiger partial charge < -0.3 is 60.7 Å². The molecule has 0 spiro atoms. The highest BCUT2D eigenvalue weighted by molar-refractivity contribution is 5.88. The summed E-state index contributed by atoms with van der Waals surface area (Å²) >= 11 is 0. The molecule has 0 saturated heterocycles. The van der Waals surface area contributed by atoms with Crippen molar-refractivity contribution < 1.29 is 42.8 Å². The number of carbonyl (C=O) groups is 3. The van der Waals surface area contributed by atoms with E-state index in [1.807, 2.05) is 0 Å². The van der Waals surface area contributed by atoms with Crippen LogP contribution < -0.4 is 32.3 Å². The predicted molar refractivity (Wildman–Crippen MR) is 172 cm³/mol. The zero-order chi connectivity index (χ0) is 33.1. The van der Waals surface area contributed by atoms with Crippen molar-refractivity contribution in [1.29, 1.82) is 0 Å². The van der Waals surface area contributed by atoms with Crippen LogP contribution in [-0.2, 0) is 42.8 Å². The first-order valence-corrected chi connectivity index (χ1v) is 16.3. The van der Waals surface area contributed by atoms with Crippen LogP contribution in [0.5, 0.6) is 0 Å². The third-order valence-corrected chi connectivity index (χ3v) is 6.31. The largest absolute Gasteiger partial charge is 0.382 e. The van der Waals surface area contributed by atoms with Gasteiger partial charge in [-0.15, -0.1) is 0 Å². The maximum atomic E-state index is 12.9. The summed E-state index contributed by atoms with van der Waals surface area (Å²) in [7, 11) is 3.20. The topological polar surface area (TPSA) is 193 Å². The second kappa shape index (κ2) is 34.9. The summed E-state index contributed by atoms with van der Waals surface area (Å²) in [6, 6.07) is -0.698. The molecular weight excluding hydrogens is 588 g/mol. The lowest BCUT2D eigenvalue weighted by Crippen LogP contribution is -2.48. The molecule has 0 heterocycles. The molecule has 0 aliphatic heterocycles. The lowest BCUT2D eigenvalue weighted by atomic mass is 10.1. The normalized spacial score (nSPS) is 11.8. The number of nitrogens with one attached hydrogen (secondary N) is 5. The summed E-state index contributed by atoms with van der Waals surface area (Å²) in [6.07, 6.45) is 5.66. The van der Waals surface area contributed by atoms with Crippen LogP contribution in [0, 0.1) is 0 Å². The average molecular weight is 651 g/mol. The number of rotatable bonds is 35. The highest BCUT2D eigenvalue weighted by atomic mass is 16.5. The second-order valence-corrected chi connectivity index (χ2v) is 10.3. The molecule has 0 bridgehead atoms. The van der Waals surface area contributed by atoms with Gasteiger partial charge in [0.2, 0.25) is 17.7 Å². The molecule has 0 fully saturated rings. The highest BCUT2D eigenvalue weighted by Crippen LogP contribution is 2.02. The van der Waals surface area contributed by atoms with Crippen LogP contribution in [0.15, 0.2) is 0 Å². The van der Waals surface area contributed by atoms with E-state index in [-0.39, 0.29) is 37.5 Å². The van der Waals surface area contributed by atoms with Crippen LogP contribution in [0.3, 0.4) is 0 Å². The van der Waals surface area contributed by atoms with Crippen molar-refractivity contribution in [2.45, 2.75) is 51.0 Å². The molecule has 0 radical (unpaired) electrons. The summed E-state index contributed by atoms with van der Waals surface area (Å²) < 4.78 is 31.1. The maximum Gasteiger partial charge on any atom is 0.246 e. The first kappa shape index (κ1) is 43.0. The number of amides is 3. The van der Waals surface area contributed by atoms with Crippen molar-refractivity contribution in [3.63, 3.8) is 0 Å². The summed E-state index contributed by atoms with van der Waals surface area (Å²) in [4.78, 5) is 37.3. The van der Waals surface area contributed by atoms with E-state index in [4.69, 9.17) is 34.2 Å². The molecule has 45 heavy (non-hydrogen) atoms. The zero-order valence-electron chi connectivity index (χ0n) is 27.8. The van der Waals surface area contributed by atoms with Crippen molar-refractivity contribution >= 4 is 17.7 Å². The number of carbonyl (C=O) groups excluding carboxylic acids is 3. The molecule has 0 saturated carbocycles. The minimum Gasteiger partial charge on any atom is -0.382 e. The van der Waals surface area contributed by atoms with Gasteiger partial charge in [0.05, 0.1) is 52.9 Å². The third-order valence-electron chi connectivity index (χ3n) is 6.31. The Bertz CT molecular complexity index is 694. The van der Waals surface area contributed by atoms with Gasteiger partial charge >= 0.3 is 0 Å². The number of methoxy groups -OCH3 is 2. The molecule has 0 aromatic rings. The van der Waals surface area contributed by atoms with Crippen LogP contribution in [-0.4, -0.2) is 150 Å². The first-order valence-electron chi connectivity index (χ1n) is 16.3. The summed E-state index contributed by atoms with van der Waals surface area (Å²) in [5.41, 5.74) is 5.48. The Morgan fingerprint density at radius 1 is 0.556 bits per heavy atom. The number of unbranched alkanes of at least 4 members (excludes halogenated alkanes) is 2. The molecule has 0 unspecified atom stereocenters. The Morgan fingerprint density at radius 3 is 1.64 bits per heavy atom. The van der Waals surface area contributed by atoms with E-state index in [9.17, 15) is 14.4 Å². The van der Waals surface area contributed by atoms with E-state index < -0.39 is 6.04 Å². The predicted octanol–water partition coefficient (Wildman–Crippen LogP) is -1.07. The van der Waals surface area contributed by atoms with Gasteiger partial charge in [0.25, 0.3) is 0 Å². The highest BCUT2D eigenvalue weighted by Gasteiger charge is 2.20. The van der Waals surface area contributed by atoms with Crippen LogP contribution in [0.2, 0.25) is 0 Å². The molecule has 266 valence electrons. The van der Waals surface area contributed by atoms with E-state index in [1.54, 1.807) is 14.2 Å². The van der Waals surface area contributed by atoms with Gasteiger partial charge in [-0.3, -0.25) is 14.4 Å². The molecule has 7 N–H and O–H groups in total. The average Bonchev–Trinajstić information content (AvgIpc) is 3.03. The summed E-state index contributed by atoms with van der Waals surface area (Å²) in [5.74, 6) is -0.826. The molecule has 15 heteroatoms. The van der Waals surface area contributed by atoms with Crippen molar-refractivity contribution in [3.05, 3.63) is 0 Å². The lowest BCUT2D eigenvalue weighted by Gasteiger charge is -2.19. The fourth-order valence-corrected chi connectivity index (χ4v) is 3.84. The number of nitrogens with two attached hydrogens (primary N) is 1. The Kier molecular flexibility index (Phi) is 33.4. The molecule has 15 nitrogen and oxygen atoms in total. The number of ether oxygens (including phenoxy) is 6. The van der Waals surface area contributed by atoms with Gasteiger partial charge in [-0.05, 0) is 77.7 Å². The minimum absolute atomic E-state index is 0.0482. The Balaban J connectivity index is 4.29. The molecule has 0 aromatic heterocycles. The second-order valence-electron chi connectivity index (χ2n) is 10.3. The van der Waals surface area contributed by atoms with Crippen molar-refractivity contribution in [3.8, 4) is 0 Å². The Hall–Kier alpha value is -1.95. The van der Waals surface area contributed by atoms with Crippen LogP contribution in [0.4, 0.5) is 0 Å². The fourth-order valence-electron chi connectivity index (χ4n) is 3.84.